The van der Waals surface area contributed by atoms with Gasteiger partial charge >= 0.3 is 0 Å². The van der Waals surface area contributed by atoms with Crippen molar-refractivity contribution in [3.63, 3.8) is 0 Å². The monoisotopic (exact) mass is 278 g/mol. The Labute approximate surface area is 122 Å². The van der Waals surface area contributed by atoms with Crippen LogP contribution in [0.3, 0.4) is 0 Å². The summed E-state index contributed by atoms with van der Waals surface area (Å²) in [5.74, 6) is 0.413. The van der Waals surface area contributed by atoms with Crippen LogP contribution in [-0.2, 0) is 0 Å². The number of H-pyrrole nitrogens is 1. The number of nitrogens with zero attached hydrogens (tertiary/aromatic N) is 1. The van der Waals surface area contributed by atoms with E-state index in [-0.39, 0.29) is 5.78 Å². The van der Waals surface area contributed by atoms with Crippen molar-refractivity contribution in [1.29, 1.82) is 0 Å². The topological polar surface area (TPSA) is 55.0 Å². The predicted molar refractivity (Wildman–Crippen MR) is 80.5 cm³/mol. The van der Waals surface area contributed by atoms with Crippen LogP contribution in [0.15, 0.2) is 61.1 Å². The standard InChI is InChI=1S/C17H14N2O2/c1-21-16-8-7-13(12-5-3-2-4-6-12)9-14(16)17(20)15-10-18-11-19-15/h2-11H,1H3,(H,18,19). The van der Waals surface area contributed by atoms with E-state index in [0.717, 1.165) is 11.1 Å². The lowest BCUT2D eigenvalue weighted by atomic mass is 9.99. The van der Waals surface area contributed by atoms with Crippen LogP contribution in [0, 0.1) is 0 Å². The van der Waals surface area contributed by atoms with Crippen LogP contribution in [0.4, 0.5) is 0 Å². The Morgan fingerprint density at radius 1 is 1.10 bits per heavy atom. The molecule has 0 radical (unpaired) electrons. The van der Waals surface area contributed by atoms with Gasteiger partial charge in [0.05, 0.1) is 25.2 Å². The molecule has 3 rings (SSSR count). The summed E-state index contributed by atoms with van der Waals surface area (Å²) < 4.78 is 5.30. The lowest BCUT2D eigenvalue weighted by Crippen LogP contribution is -2.04. The van der Waals surface area contributed by atoms with E-state index in [1.165, 1.54) is 12.5 Å². The second-order valence-electron chi connectivity index (χ2n) is 4.58. The highest BCUT2D eigenvalue weighted by molar-refractivity contribution is 6.10. The molecule has 4 heteroatoms. The smallest absolute Gasteiger partial charge is 0.214 e. The number of benzene rings is 2. The first-order valence-corrected chi connectivity index (χ1v) is 6.56. The van der Waals surface area contributed by atoms with Gasteiger partial charge in [0.25, 0.3) is 0 Å². The second-order valence-corrected chi connectivity index (χ2v) is 4.58. The van der Waals surface area contributed by atoms with Crippen molar-refractivity contribution in [3.8, 4) is 16.9 Å². The molecule has 1 heterocycles. The lowest BCUT2D eigenvalue weighted by Gasteiger charge is -2.09. The molecule has 0 amide bonds. The third-order valence-corrected chi connectivity index (χ3v) is 3.29. The Balaban J connectivity index is 2.08. The number of aromatic nitrogens is 2. The highest BCUT2D eigenvalue weighted by Gasteiger charge is 2.16. The number of ketones is 1. The molecule has 0 aliphatic heterocycles. The third-order valence-electron chi connectivity index (χ3n) is 3.29. The van der Waals surface area contributed by atoms with Gasteiger partial charge in [0.2, 0.25) is 5.78 Å². The molecule has 0 bridgehead atoms. The molecule has 0 atom stereocenters. The van der Waals surface area contributed by atoms with Crippen molar-refractivity contribution in [2.24, 2.45) is 0 Å². The second kappa shape index (κ2) is 5.63. The number of carbonyl (C=O) groups is 1. The fraction of sp³-hybridized carbons (Fsp3) is 0.0588. The first-order chi connectivity index (χ1) is 10.3. The molecule has 1 aromatic heterocycles. The molecule has 0 saturated heterocycles. The summed E-state index contributed by atoms with van der Waals surface area (Å²) in [7, 11) is 1.56. The van der Waals surface area contributed by atoms with Crippen molar-refractivity contribution in [1.82, 2.24) is 9.97 Å². The Kier molecular flexibility index (Phi) is 3.51. The van der Waals surface area contributed by atoms with Crippen LogP contribution in [0.1, 0.15) is 16.1 Å². The Morgan fingerprint density at radius 2 is 1.90 bits per heavy atom. The molecule has 1 N–H and O–H groups in total. The van der Waals surface area contributed by atoms with Gasteiger partial charge in [-0.25, -0.2) is 4.98 Å². The summed E-state index contributed by atoms with van der Waals surface area (Å²) in [6.07, 6.45) is 3.00. The molecule has 4 nitrogen and oxygen atoms in total. The number of hydrogen-bond donors (Lipinski definition) is 1. The van der Waals surface area contributed by atoms with E-state index in [9.17, 15) is 4.79 Å². The van der Waals surface area contributed by atoms with Crippen molar-refractivity contribution >= 4 is 5.78 Å². The third kappa shape index (κ3) is 2.56. The van der Waals surface area contributed by atoms with Gasteiger partial charge in [0.15, 0.2) is 0 Å². The van der Waals surface area contributed by atoms with E-state index >= 15 is 0 Å². The van der Waals surface area contributed by atoms with E-state index in [1.807, 2.05) is 48.5 Å². The summed E-state index contributed by atoms with van der Waals surface area (Å²) in [6.45, 7) is 0. The molecule has 2 aromatic carbocycles. The zero-order chi connectivity index (χ0) is 14.7. The normalized spacial score (nSPS) is 10.3. The largest absolute Gasteiger partial charge is 0.496 e. The minimum Gasteiger partial charge on any atom is -0.496 e. The molecular weight excluding hydrogens is 264 g/mol. The molecule has 0 unspecified atom stereocenters. The van der Waals surface area contributed by atoms with Gasteiger partial charge in [-0.3, -0.25) is 4.79 Å². The number of hydrogen-bond acceptors (Lipinski definition) is 3. The van der Waals surface area contributed by atoms with Crippen LogP contribution in [0.25, 0.3) is 11.1 Å². The number of ether oxygens (including phenoxy) is 1. The minimum absolute atomic E-state index is 0.137. The molecule has 0 aliphatic rings. The van der Waals surface area contributed by atoms with Gasteiger partial charge in [-0.1, -0.05) is 36.4 Å². The van der Waals surface area contributed by atoms with Crippen LogP contribution in [0.2, 0.25) is 0 Å². The zero-order valence-corrected chi connectivity index (χ0v) is 11.5. The summed E-state index contributed by atoms with van der Waals surface area (Å²) in [4.78, 5) is 19.2. The molecule has 21 heavy (non-hydrogen) atoms. The Morgan fingerprint density at radius 3 is 2.57 bits per heavy atom. The highest BCUT2D eigenvalue weighted by Crippen LogP contribution is 2.28. The molecule has 3 aromatic rings. The van der Waals surface area contributed by atoms with Crippen molar-refractivity contribution in [2.75, 3.05) is 7.11 Å². The van der Waals surface area contributed by atoms with E-state index in [0.29, 0.717) is 17.0 Å². The number of nitrogens with one attached hydrogen (secondary N) is 1. The van der Waals surface area contributed by atoms with E-state index in [1.54, 1.807) is 7.11 Å². The van der Waals surface area contributed by atoms with Gasteiger partial charge in [-0.15, -0.1) is 0 Å². The van der Waals surface area contributed by atoms with E-state index < -0.39 is 0 Å². The van der Waals surface area contributed by atoms with Gasteiger partial charge in [0, 0.05) is 0 Å². The average molecular weight is 278 g/mol. The fourth-order valence-corrected chi connectivity index (χ4v) is 2.22. The lowest BCUT2D eigenvalue weighted by molar-refractivity contribution is 0.103. The average Bonchev–Trinajstić information content (AvgIpc) is 3.09. The van der Waals surface area contributed by atoms with Gasteiger partial charge in [-0.2, -0.15) is 0 Å². The molecule has 104 valence electrons. The van der Waals surface area contributed by atoms with Gasteiger partial charge in [-0.05, 0) is 23.3 Å². The van der Waals surface area contributed by atoms with Crippen molar-refractivity contribution < 1.29 is 9.53 Å². The SMILES string of the molecule is COc1ccc(-c2ccccc2)cc1C(=O)c1cnc[nH]1. The maximum atomic E-state index is 12.5. The molecular formula is C17H14N2O2. The quantitative estimate of drug-likeness (QED) is 0.745. The van der Waals surface area contributed by atoms with E-state index in [4.69, 9.17) is 4.74 Å². The van der Waals surface area contributed by atoms with E-state index in [2.05, 4.69) is 9.97 Å². The number of imidazole rings is 1. The van der Waals surface area contributed by atoms with Crippen molar-refractivity contribution in [2.45, 2.75) is 0 Å². The molecule has 0 fully saturated rings. The predicted octanol–water partition coefficient (Wildman–Crippen LogP) is 3.32. The molecule has 0 saturated carbocycles. The summed E-state index contributed by atoms with van der Waals surface area (Å²) in [5.41, 5.74) is 2.99. The van der Waals surface area contributed by atoms with Crippen molar-refractivity contribution in [3.05, 3.63) is 72.3 Å². The number of carbonyl (C=O) groups excluding carboxylic acids is 1. The number of methoxy groups -OCH3 is 1. The van der Waals surface area contributed by atoms with Crippen LogP contribution in [-0.4, -0.2) is 22.9 Å². The summed E-state index contributed by atoms with van der Waals surface area (Å²) in [5, 5.41) is 0. The Hall–Kier alpha value is -2.88. The van der Waals surface area contributed by atoms with Crippen LogP contribution in [0.5, 0.6) is 5.75 Å². The first-order valence-electron chi connectivity index (χ1n) is 6.56. The van der Waals surface area contributed by atoms with Gasteiger partial charge < -0.3 is 9.72 Å². The molecule has 0 aliphatic carbocycles. The maximum Gasteiger partial charge on any atom is 0.214 e. The maximum absolute atomic E-state index is 12.5. The first kappa shape index (κ1) is 13.1. The van der Waals surface area contributed by atoms with Crippen LogP contribution >= 0.6 is 0 Å². The number of rotatable bonds is 4. The highest BCUT2D eigenvalue weighted by atomic mass is 16.5. The Bertz CT molecular complexity index is 750. The molecule has 0 spiro atoms. The van der Waals surface area contributed by atoms with Crippen LogP contribution < -0.4 is 4.74 Å². The fourth-order valence-electron chi connectivity index (χ4n) is 2.22. The minimum atomic E-state index is -0.137. The summed E-state index contributed by atoms with van der Waals surface area (Å²) >= 11 is 0. The van der Waals surface area contributed by atoms with Gasteiger partial charge in [0.1, 0.15) is 11.4 Å². The summed E-state index contributed by atoms with van der Waals surface area (Å²) in [6, 6.07) is 15.5. The zero-order valence-electron chi connectivity index (χ0n) is 11.5. The number of aromatic amines is 1.